The Morgan fingerprint density at radius 2 is 1.80 bits per heavy atom. The summed E-state index contributed by atoms with van der Waals surface area (Å²) in [6, 6.07) is 17.9. The number of fused-ring (bicyclic) bond motifs is 2. The highest BCUT2D eigenvalue weighted by atomic mass is 35.5. The van der Waals surface area contributed by atoms with Crippen LogP contribution in [-0.2, 0) is 13.0 Å². The zero-order chi connectivity index (χ0) is 32.5. The minimum absolute atomic E-state index is 0.0138. The molecule has 0 bridgehead atoms. The Bertz CT molecular complexity index is 2060. The van der Waals surface area contributed by atoms with E-state index in [-0.39, 0.29) is 34.7 Å². The summed E-state index contributed by atoms with van der Waals surface area (Å²) in [5.74, 6) is -2.74. The maximum atomic E-state index is 13.8. The number of carboxylic acids is 1. The summed E-state index contributed by atoms with van der Waals surface area (Å²) in [5.41, 5.74) is 9.98. The lowest BCUT2D eigenvalue weighted by Gasteiger charge is -2.16. The van der Waals surface area contributed by atoms with Gasteiger partial charge in [-0.25, -0.2) is 14.3 Å². The van der Waals surface area contributed by atoms with Gasteiger partial charge in [-0.1, -0.05) is 41.9 Å². The number of rotatable bonds is 8. The summed E-state index contributed by atoms with van der Waals surface area (Å²) < 4.78 is 1.21. The molecule has 2 heterocycles. The first kappa shape index (κ1) is 30.3. The fraction of sp³-hybridized carbons (Fsp3) is 0.152. The zero-order valence-electron chi connectivity index (χ0n) is 24.5. The molecule has 46 heavy (non-hydrogen) atoms. The van der Waals surface area contributed by atoms with Crippen molar-refractivity contribution in [3.05, 3.63) is 123 Å². The maximum Gasteiger partial charge on any atom is 0.335 e. The Morgan fingerprint density at radius 1 is 1.00 bits per heavy atom. The smallest absolute Gasteiger partial charge is 0.335 e. The van der Waals surface area contributed by atoms with Gasteiger partial charge in [-0.3, -0.25) is 14.4 Å². The van der Waals surface area contributed by atoms with E-state index in [9.17, 15) is 24.3 Å². The van der Waals surface area contributed by atoms with E-state index in [0.717, 1.165) is 16.7 Å². The van der Waals surface area contributed by atoms with Crippen molar-refractivity contribution in [2.45, 2.75) is 32.4 Å². The number of anilines is 2. The molecule has 13 heteroatoms. The summed E-state index contributed by atoms with van der Waals surface area (Å²) in [7, 11) is 0. The molecule has 12 nitrogen and oxygen atoms in total. The number of halogens is 1. The second-order valence-electron chi connectivity index (χ2n) is 10.9. The van der Waals surface area contributed by atoms with Gasteiger partial charge < -0.3 is 26.8 Å². The Morgan fingerprint density at radius 3 is 2.57 bits per heavy atom. The van der Waals surface area contributed by atoms with Gasteiger partial charge in [-0.15, -0.1) is 0 Å². The third-order valence-electron chi connectivity index (χ3n) is 7.94. The predicted octanol–water partition coefficient (Wildman–Crippen LogP) is 4.57. The number of aromatic carboxylic acids is 1. The third kappa shape index (κ3) is 5.85. The number of hydrogen-bond acceptors (Lipinski definition) is 7. The van der Waals surface area contributed by atoms with E-state index < -0.39 is 29.7 Å². The number of benzene rings is 3. The third-order valence-corrected chi connectivity index (χ3v) is 8.27. The van der Waals surface area contributed by atoms with Crippen molar-refractivity contribution < 1.29 is 24.3 Å². The van der Waals surface area contributed by atoms with Crippen molar-refractivity contribution in [2.24, 2.45) is 0 Å². The average Bonchev–Trinajstić information content (AvgIpc) is 3.65. The largest absolute Gasteiger partial charge is 0.478 e. The molecular formula is C33H28ClN7O5. The van der Waals surface area contributed by atoms with Gasteiger partial charge in [-0.05, 0) is 72.4 Å². The Balaban J connectivity index is 1.34. The number of nitrogens with two attached hydrogens (primary N) is 1. The van der Waals surface area contributed by atoms with E-state index in [4.69, 9.17) is 17.3 Å². The second-order valence-corrected chi connectivity index (χ2v) is 11.3. The van der Waals surface area contributed by atoms with Gasteiger partial charge in [0.15, 0.2) is 5.65 Å². The molecule has 0 spiro atoms. The molecule has 0 unspecified atom stereocenters. The summed E-state index contributed by atoms with van der Waals surface area (Å²) in [6.07, 6.45) is 2.41. The van der Waals surface area contributed by atoms with Crippen LogP contribution in [-0.4, -0.2) is 43.4 Å². The minimum Gasteiger partial charge on any atom is -0.478 e. The monoisotopic (exact) mass is 637 g/mol. The number of nitrogens with one attached hydrogen (secondary N) is 3. The zero-order valence-corrected chi connectivity index (χ0v) is 25.3. The molecule has 0 saturated carbocycles. The van der Waals surface area contributed by atoms with Crippen molar-refractivity contribution in [3.8, 4) is 0 Å². The summed E-state index contributed by atoms with van der Waals surface area (Å²) in [6.45, 7) is 1.90. The van der Waals surface area contributed by atoms with Crippen molar-refractivity contribution in [1.29, 1.82) is 0 Å². The van der Waals surface area contributed by atoms with Gasteiger partial charge in [0.25, 0.3) is 17.7 Å². The minimum atomic E-state index is -1.01. The lowest BCUT2D eigenvalue weighted by molar-refractivity contribution is 0.0695. The van der Waals surface area contributed by atoms with Gasteiger partial charge in [0.05, 0.1) is 28.5 Å². The number of carboxylic acid groups (broad SMARTS) is 1. The highest BCUT2D eigenvalue weighted by Crippen LogP contribution is 2.35. The Kier molecular flexibility index (Phi) is 8.12. The molecule has 6 rings (SSSR count). The first-order valence-corrected chi connectivity index (χ1v) is 14.7. The quantitative estimate of drug-likeness (QED) is 0.153. The van der Waals surface area contributed by atoms with Crippen LogP contribution in [0.2, 0.25) is 5.02 Å². The normalized spacial score (nSPS) is 13.7. The molecule has 3 amide bonds. The molecule has 1 atom stereocenters. The number of carbonyl (C=O) groups excluding carboxylic acids is 3. The summed E-state index contributed by atoms with van der Waals surface area (Å²) in [4.78, 5) is 56.6. The van der Waals surface area contributed by atoms with Gasteiger partial charge >= 0.3 is 5.97 Å². The fourth-order valence-electron chi connectivity index (χ4n) is 5.62. The van der Waals surface area contributed by atoms with Crippen LogP contribution in [0.1, 0.15) is 76.4 Å². The van der Waals surface area contributed by atoms with Crippen LogP contribution in [0.4, 0.5) is 11.4 Å². The van der Waals surface area contributed by atoms with Crippen LogP contribution in [0.5, 0.6) is 0 Å². The highest BCUT2D eigenvalue weighted by Gasteiger charge is 2.29. The summed E-state index contributed by atoms with van der Waals surface area (Å²) in [5, 5.41) is 22.6. The number of aromatic nitrogens is 3. The average molecular weight is 638 g/mol. The molecule has 0 aliphatic heterocycles. The van der Waals surface area contributed by atoms with Crippen molar-refractivity contribution in [2.75, 3.05) is 11.1 Å². The molecule has 0 radical (unpaired) electrons. The molecule has 6 N–H and O–H groups in total. The number of hydrogen-bond donors (Lipinski definition) is 5. The summed E-state index contributed by atoms with van der Waals surface area (Å²) >= 11 is 6.23. The Labute approximate surface area is 267 Å². The molecule has 2 aromatic heterocycles. The molecule has 1 aliphatic carbocycles. The maximum absolute atomic E-state index is 13.8. The highest BCUT2D eigenvalue weighted by molar-refractivity contribution is 6.34. The first-order valence-electron chi connectivity index (χ1n) is 14.3. The van der Waals surface area contributed by atoms with Gasteiger partial charge in [0.1, 0.15) is 17.0 Å². The van der Waals surface area contributed by atoms with Crippen LogP contribution in [0.25, 0.3) is 5.65 Å². The number of para-hydroxylation sites is 1. The van der Waals surface area contributed by atoms with E-state index in [1.165, 1.54) is 22.8 Å². The van der Waals surface area contributed by atoms with E-state index in [1.54, 1.807) is 61.5 Å². The number of carbonyl (C=O) groups is 4. The topological polar surface area (TPSA) is 181 Å². The SMILES string of the molecule is Cc1c(C(=O)O)ccc2c1CC[C@@H]2NC(=O)c1cc(C(=O)NCc2cccc(N)c2)nc2c(C(=O)Nc3ccccc3Cl)cnn12. The number of nitrogens with zero attached hydrogens (tertiary/aromatic N) is 3. The van der Waals surface area contributed by atoms with Crippen LogP contribution in [0.15, 0.2) is 72.9 Å². The first-order chi connectivity index (χ1) is 22.1. The molecule has 1 aliphatic rings. The van der Waals surface area contributed by atoms with Gasteiger partial charge in [0.2, 0.25) is 0 Å². The standard InChI is InChI=1S/C33H28ClN7O5/c1-17-20-11-12-25(22(20)10-9-21(17)33(45)46)39-32(44)28-14-27(31(43)36-15-18-5-4-6-19(35)13-18)38-29-23(16-37-41(28)29)30(42)40-26-8-3-2-7-24(26)34/h2-10,13-14,16,25H,11-12,15,35H2,1H3,(H,36,43)(H,39,44)(H,40,42)(H,45,46)/t25-/m0/s1. The van der Waals surface area contributed by atoms with E-state index in [0.29, 0.717) is 34.8 Å². The van der Waals surface area contributed by atoms with Crippen molar-refractivity contribution in [3.63, 3.8) is 0 Å². The van der Waals surface area contributed by atoms with Crippen molar-refractivity contribution >= 4 is 52.3 Å². The number of nitrogen functional groups attached to an aromatic ring is 1. The lowest BCUT2D eigenvalue weighted by Crippen LogP contribution is -2.31. The molecule has 0 saturated heterocycles. The molecule has 3 aromatic carbocycles. The van der Waals surface area contributed by atoms with Crippen LogP contribution in [0, 0.1) is 6.92 Å². The van der Waals surface area contributed by atoms with Crippen LogP contribution >= 0.6 is 11.6 Å². The molecular weight excluding hydrogens is 610 g/mol. The lowest BCUT2D eigenvalue weighted by atomic mass is 9.98. The van der Waals surface area contributed by atoms with E-state index in [2.05, 4.69) is 26.0 Å². The van der Waals surface area contributed by atoms with Gasteiger partial charge in [-0.2, -0.15) is 5.10 Å². The Hall–Kier alpha value is -5.75. The van der Waals surface area contributed by atoms with E-state index in [1.807, 2.05) is 0 Å². The van der Waals surface area contributed by atoms with Crippen molar-refractivity contribution in [1.82, 2.24) is 25.2 Å². The molecule has 232 valence electrons. The molecule has 0 fully saturated rings. The fourth-order valence-corrected chi connectivity index (χ4v) is 5.81. The van der Waals surface area contributed by atoms with Crippen LogP contribution in [0.3, 0.4) is 0 Å². The second kappa shape index (κ2) is 12.3. The van der Waals surface area contributed by atoms with E-state index >= 15 is 0 Å². The number of amides is 3. The predicted molar refractivity (Wildman–Crippen MR) is 171 cm³/mol. The van der Waals surface area contributed by atoms with Gasteiger partial charge in [0, 0.05) is 18.3 Å². The van der Waals surface area contributed by atoms with Crippen LogP contribution < -0.4 is 21.7 Å². The molecule has 5 aromatic rings.